The van der Waals surface area contributed by atoms with Gasteiger partial charge in [0.2, 0.25) is 5.91 Å². The molecule has 9 unspecified atom stereocenters. The van der Waals surface area contributed by atoms with Crippen LogP contribution >= 0.6 is 0 Å². The summed E-state index contributed by atoms with van der Waals surface area (Å²) in [5.41, 5.74) is 0. The molecule has 8 N–H and O–H groups in total. The monoisotopic (exact) mass is 1120 g/mol. The van der Waals surface area contributed by atoms with Crippen LogP contribution in [-0.2, 0) is 14.3 Å². The van der Waals surface area contributed by atoms with Crippen molar-refractivity contribution >= 4 is 5.91 Å². The van der Waals surface area contributed by atoms with Crippen LogP contribution in [0.4, 0.5) is 0 Å². The molecule has 470 valence electrons. The summed E-state index contributed by atoms with van der Waals surface area (Å²) in [6.07, 6.45) is 58.6. The predicted octanol–water partition coefficient (Wildman–Crippen LogP) is 16.3. The second-order valence-electron chi connectivity index (χ2n) is 24.6. The summed E-state index contributed by atoms with van der Waals surface area (Å²) in [6, 6.07) is -1.17. The Kier molecular flexibility index (Phi) is 55.0. The number of hydrogen-bond donors (Lipinski definition) is 8. The van der Waals surface area contributed by atoms with Gasteiger partial charge in [-0.15, -0.1) is 0 Å². The van der Waals surface area contributed by atoms with E-state index in [1.165, 1.54) is 270 Å². The number of nitrogens with one attached hydrogen (secondary N) is 1. The van der Waals surface area contributed by atoms with Gasteiger partial charge in [-0.05, 0) is 38.5 Å². The molecule has 1 aliphatic rings. The highest BCUT2D eigenvalue weighted by molar-refractivity contribution is 5.80. The van der Waals surface area contributed by atoms with Gasteiger partial charge in [-0.1, -0.05) is 321 Å². The number of unbranched alkanes of at least 4 members (excludes halogenated alkanes) is 47. The third-order valence-electron chi connectivity index (χ3n) is 17.1. The van der Waals surface area contributed by atoms with Crippen molar-refractivity contribution in [3.05, 3.63) is 12.2 Å². The summed E-state index contributed by atoms with van der Waals surface area (Å²) in [5, 5.41) is 76.5. The largest absolute Gasteiger partial charge is 0.394 e. The van der Waals surface area contributed by atoms with Crippen LogP contribution in [0.2, 0.25) is 0 Å². The zero-order chi connectivity index (χ0) is 57.5. The molecule has 1 rings (SSSR count). The van der Waals surface area contributed by atoms with Crippen molar-refractivity contribution in [3.8, 4) is 0 Å². The normalized spacial score (nSPS) is 19.3. The number of rotatable bonds is 61. The SMILES string of the molecule is CCCCCCCCCCCCCC/C=C\CCCCCCCCCCCCCCCCC(O)C(=O)NC(COC1OC(CO)C(O)C(O)C1O)C(O)C(O)CCCCCCCCCCCCCCCCCCCCCCCC. The minimum atomic E-state index is -1.66. The van der Waals surface area contributed by atoms with Crippen LogP contribution in [0.25, 0.3) is 0 Å². The average Bonchev–Trinajstić information content (AvgIpc) is 3.46. The van der Waals surface area contributed by atoms with E-state index in [1.807, 2.05) is 0 Å². The summed E-state index contributed by atoms with van der Waals surface area (Å²) in [7, 11) is 0. The topological polar surface area (TPSA) is 189 Å². The van der Waals surface area contributed by atoms with Gasteiger partial charge in [-0.2, -0.15) is 0 Å². The molecule has 11 heteroatoms. The van der Waals surface area contributed by atoms with Gasteiger partial charge in [0.05, 0.1) is 25.4 Å². The molecule has 1 saturated heterocycles. The van der Waals surface area contributed by atoms with E-state index >= 15 is 0 Å². The van der Waals surface area contributed by atoms with E-state index in [0.717, 1.165) is 38.5 Å². The van der Waals surface area contributed by atoms with Crippen molar-refractivity contribution < 1.29 is 50.0 Å². The Morgan fingerprint density at radius 1 is 0.430 bits per heavy atom. The Hall–Kier alpha value is -1.15. The second-order valence-corrected chi connectivity index (χ2v) is 24.6. The molecule has 0 aliphatic carbocycles. The first-order valence-corrected chi connectivity index (χ1v) is 34.6. The van der Waals surface area contributed by atoms with Crippen molar-refractivity contribution in [2.45, 2.75) is 403 Å². The zero-order valence-electron chi connectivity index (χ0n) is 51.9. The van der Waals surface area contributed by atoms with Gasteiger partial charge < -0.3 is 50.5 Å². The van der Waals surface area contributed by atoms with Gasteiger partial charge in [0.15, 0.2) is 6.29 Å². The quantitative estimate of drug-likeness (QED) is 0.0215. The van der Waals surface area contributed by atoms with Gasteiger partial charge in [-0.3, -0.25) is 4.79 Å². The second kappa shape index (κ2) is 57.3. The zero-order valence-corrected chi connectivity index (χ0v) is 51.9. The maximum absolute atomic E-state index is 13.2. The first-order valence-electron chi connectivity index (χ1n) is 34.6. The molecule has 1 aliphatic heterocycles. The van der Waals surface area contributed by atoms with Crippen molar-refractivity contribution in [2.75, 3.05) is 13.2 Å². The average molecular weight is 1120 g/mol. The Bertz CT molecular complexity index is 1290. The van der Waals surface area contributed by atoms with E-state index < -0.39 is 74.2 Å². The highest BCUT2D eigenvalue weighted by Crippen LogP contribution is 2.24. The van der Waals surface area contributed by atoms with Crippen molar-refractivity contribution in [2.24, 2.45) is 0 Å². The van der Waals surface area contributed by atoms with Gasteiger partial charge in [0, 0.05) is 0 Å². The standard InChI is InChI=1S/C68H133NO10/c1-3-5-7-9-11-13-15-17-19-21-23-25-27-28-29-30-31-32-33-34-36-38-40-42-44-46-48-50-52-54-56-61(72)67(77)69-59(58-78-68-66(76)65(75)64(74)62(57-70)79-68)63(73)60(71)55-53-51-49-47-45-43-41-39-37-35-26-24-22-20-18-16-14-12-10-8-6-4-2/h28-29,59-66,68,70-76H,3-27,30-58H2,1-2H3,(H,69,77)/b29-28-. The third-order valence-corrected chi connectivity index (χ3v) is 17.1. The molecule has 1 fully saturated rings. The lowest BCUT2D eigenvalue weighted by molar-refractivity contribution is -0.303. The van der Waals surface area contributed by atoms with Crippen LogP contribution in [-0.4, -0.2) is 110 Å². The van der Waals surface area contributed by atoms with E-state index in [4.69, 9.17) is 9.47 Å². The van der Waals surface area contributed by atoms with Crippen molar-refractivity contribution in [3.63, 3.8) is 0 Å². The molecule has 0 bridgehead atoms. The molecule has 11 nitrogen and oxygen atoms in total. The predicted molar refractivity (Wildman–Crippen MR) is 330 cm³/mol. The molecule has 9 atom stereocenters. The van der Waals surface area contributed by atoms with Crippen molar-refractivity contribution in [1.29, 1.82) is 0 Å². The molecule has 0 spiro atoms. The lowest BCUT2D eigenvalue weighted by Gasteiger charge is -2.40. The summed E-state index contributed by atoms with van der Waals surface area (Å²) in [5.74, 6) is -0.689. The number of ether oxygens (including phenoxy) is 2. The maximum Gasteiger partial charge on any atom is 0.249 e. The minimum absolute atomic E-state index is 0.264. The number of aliphatic hydroxyl groups is 7. The van der Waals surface area contributed by atoms with Crippen LogP contribution < -0.4 is 5.32 Å². The molecule has 0 aromatic rings. The van der Waals surface area contributed by atoms with Gasteiger partial charge in [0.1, 0.15) is 36.6 Å². The van der Waals surface area contributed by atoms with E-state index in [2.05, 4.69) is 31.3 Å². The van der Waals surface area contributed by atoms with Crippen LogP contribution in [0.15, 0.2) is 12.2 Å². The van der Waals surface area contributed by atoms with Crippen LogP contribution in [0.3, 0.4) is 0 Å². The fraction of sp³-hybridized carbons (Fsp3) is 0.956. The molecule has 0 saturated carbocycles. The molecular formula is C68H133NO10. The van der Waals surface area contributed by atoms with E-state index in [0.29, 0.717) is 19.3 Å². The Labute approximate surface area is 487 Å². The van der Waals surface area contributed by atoms with E-state index in [-0.39, 0.29) is 6.42 Å². The smallest absolute Gasteiger partial charge is 0.249 e. The summed E-state index contributed by atoms with van der Waals surface area (Å²) >= 11 is 0. The van der Waals surface area contributed by atoms with Crippen LogP contribution in [0.1, 0.15) is 348 Å². The Morgan fingerprint density at radius 3 is 1.06 bits per heavy atom. The highest BCUT2D eigenvalue weighted by Gasteiger charge is 2.44. The molecule has 79 heavy (non-hydrogen) atoms. The fourth-order valence-corrected chi connectivity index (χ4v) is 11.5. The van der Waals surface area contributed by atoms with Gasteiger partial charge >= 0.3 is 0 Å². The van der Waals surface area contributed by atoms with E-state index in [9.17, 15) is 40.5 Å². The first kappa shape index (κ1) is 75.9. The van der Waals surface area contributed by atoms with E-state index in [1.54, 1.807) is 0 Å². The maximum atomic E-state index is 13.2. The Morgan fingerprint density at radius 2 is 0.734 bits per heavy atom. The number of carbonyl (C=O) groups excluding carboxylic acids is 1. The fourth-order valence-electron chi connectivity index (χ4n) is 11.5. The first-order chi connectivity index (χ1) is 38.7. The van der Waals surface area contributed by atoms with Gasteiger partial charge in [-0.25, -0.2) is 0 Å². The molecule has 0 aromatic carbocycles. The summed E-state index contributed by atoms with van der Waals surface area (Å²) in [4.78, 5) is 13.2. The molecule has 1 amide bonds. The molecule has 0 radical (unpaired) electrons. The number of allylic oxidation sites excluding steroid dienone is 2. The lowest BCUT2D eigenvalue weighted by Crippen LogP contribution is -2.60. The molecule has 1 heterocycles. The minimum Gasteiger partial charge on any atom is -0.394 e. The molecule has 0 aromatic heterocycles. The number of amides is 1. The van der Waals surface area contributed by atoms with Crippen LogP contribution in [0.5, 0.6) is 0 Å². The Balaban J connectivity index is 2.19. The van der Waals surface area contributed by atoms with Crippen LogP contribution in [0, 0.1) is 0 Å². The lowest BCUT2D eigenvalue weighted by atomic mass is 9.98. The van der Waals surface area contributed by atoms with Gasteiger partial charge in [0.25, 0.3) is 0 Å². The third kappa shape index (κ3) is 45.0. The highest BCUT2D eigenvalue weighted by atomic mass is 16.7. The number of aliphatic hydroxyl groups excluding tert-OH is 7. The summed E-state index contributed by atoms with van der Waals surface area (Å²) < 4.78 is 11.2. The molecular weight excluding hydrogens is 991 g/mol. The number of carbonyl (C=O) groups is 1. The van der Waals surface area contributed by atoms with Crippen molar-refractivity contribution in [1.82, 2.24) is 5.32 Å². The summed E-state index contributed by atoms with van der Waals surface area (Å²) in [6.45, 7) is 3.52. The number of hydrogen-bond acceptors (Lipinski definition) is 10.